The fourth-order valence-electron chi connectivity index (χ4n) is 1.80. The topological polar surface area (TPSA) is 35.2 Å². The molecule has 0 spiro atoms. The van der Waals surface area contributed by atoms with Gasteiger partial charge in [-0.2, -0.15) is 0 Å². The first-order valence-corrected chi connectivity index (χ1v) is 8.01. The van der Waals surface area contributed by atoms with E-state index in [0.29, 0.717) is 6.54 Å². The lowest BCUT2D eigenvalue weighted by atomic mass is 10.1. The number of nitrogens with two attached hydrogens (primary N) is 1. The molecule has 1 atom stereocenters. The summed E-state index contributed by atoms with van der Waals surface area (Å²) >= 11 is 5.10. The van der Waals surface area contributed by atoms with Gasteiger partial charge in [0.25, 0.3) is 0 Å². The number of benzene rings is 2. The smallest absolute Gasteiger partial charge is 0.136 e. The number of ether oxygens (including phenoxy) is 1. The molecule has 19 heavy (non-hydrogen) atoms. The number of thioether (sulfide) groups is 1. The highest BCUT2D eigenvalue weighted by atomic mass is 79.9. The zero-order valence-corrected chi connectivity index (χ0v) is 13.1. The van der Waals surface area contributed by atoms with Crippen LogP contribution in [0.4, 0.5) is 0 Å². The predicted molar refractivity (Wildman–Crippen MR) is 84.8 cm³/mol. The number of hydrogen-bond donors (Lipinski definition) is 1. The molecule has 2 aromatic rings. The molecule has 0 saturated heterocycles. The van der Waals surface area contributed by atoms with E-state index < -0.39 is 0 Å². The highest BCUT2D eigenvalue weighted by molar-refractivity contribution is 9.10. The van der Waals surface area contributed by atoms with E-state index in [9.17, 15) is 0 Å². The quantitative estimate of drug-likeness (QED) is 0.828. The summed E-state index contributed by atoms with van der Waals surface area (Å²) < 4.78 is 7.10. The minimum atomic E-state index is -0.124. The second kappa shape index (κ2) is 6.98. The molecule has 0 aliphatic heterocycles. The lowest BCUT2D eigenvalue weighted by Crippen LogP contribution is -2.18. The van der Waals surface area contributed by atoms with Crippen LogP contribution in [0, 0.1) is 0 Å². The van der Waals surface area contributed by atoms with Crippen molar-refractivity contribution in [1.29, 1.82) is 0 Å². The Morgan fingerprint density at radius 1 is 1.16 bits per heavy atom. The van der Waals surface area contributed by atoms with Crippen molar-refractivity contribution < 1.29 is 4.74 Å². The van der Waals surface area contributed by atoms with Crippen LogP contribution in [-0.2, 0) is 0 Å². The average molecular weight is 338 g/mol. The summed E-state index contributed by atoms with van der Waals surface area (Å²) in [4.78, 5) is 1.12. The van der Waals surface area contributed by atoms with Gasteiger partial charge >= 0.3 is 0 Å². The molecule has 0 heterocycles. The van der Waals surface area contributed by atoms with E-state index in [-0.39, 0.29) is 6.10 Å². The predicted octanol–water partition coefficient (Wildman–Crippen LogP) is 4.25. The van der Waals surface area contributed by atoms with Crippen LogP contribution in [0.25, 0.3) is 0 Å². The van der Waals surface area contributed by atoms with E-state index in [1.807, 2.05) is 48.7 Å². The maximum atomic E-state index is 6.05. The third-order valence-corrected chi connectivity index (χ3v) is 4.10. The molecule has 2 nitrogen and oxygen atoms in total. The third kappa shape index (κ3) is 3.75. The van der Waals surface area contributed by atoms with Gasteiger partial charge in [-0.15, -0.1) is 11.8 Å². The van der Waals surface area contributed by atoms with Crippen molar-refractivity contribution >= 4 is 27.7 Å². The van der Waals surface area contributed by atoms with Crippen molar-refractivity contribution in [1.82, 2.24) is 0 Å². The number of para-hydroxylation sites is 1. The van der Waals surface area contributed by atoms with Gasteiger partial charge in [0.05, 0.1) is 0 Å². The highest BCUT2D eigenvalue weighted by Crippen LogP contribution is 2.31. The lowest BCUT2D eigenvalue weighted by molar-refractivity contribution is 0.209. The molecular formula is C15H16BrNOS. The molecule has 1 unspecified atom stereocenters. The van der Waals surface area contributed by atoms with E-state index >= 15 is 0 Å². The standard InChI is InChI=1S/C15H16BrNOS/c1-19-15-5-3-2-4-13(15)18-14(10-17)11-6-8-12(16)9-7-11/h2-9,14H,10,17H2,1H3. The van der Waals surface area contributed by atoms with Crippen LogP contribution in [-0.4, -0.2) is 12.8 Å². The minimum absolute atomic E-state index is 0.124. The second-order valence-corrected chi connectivity index (χ2v) is 5.81. The van der Waals surface area contributed by atoms with Crippen molar-refractivity contribution in [2.24, 2.45) is 5.73 Å². The molecule has 0 radical (unpaired) electrons. The Balaban J connectivity index is 2.21. The average Bonchev–Trinajstić information content (AvgIpc) is 2.46. The van der Waals surface area contributed by atoms with Gasteiger partial charge in [0.1, 0.15) is 11.9 Å². The van der Waals surface area contributed by atoms with Crippen LogP contribution in [0.15, 0.2) is 57.9 Å². The number of halogens is 1. The van der Waals surface area contributed by atoms with Crippen molar-refractivity contribution in [3.05, 3.63) is 58.6 Å². The van der Waals surface area contributed by atoms with E-state index in [4.69, 9.17) is 10.5 Å². The summed E-state index contributed by atoms with van der Waals surface area (Å²) in [6, 6.07) is 16.1. The van der Waals surface area contributed by atoms with Crippen LogP contribution < -0.4 is 10.5 Å². The van der Waals surface area contributed by atoms with E-state index in [1.54, 1.807) is 11.8 Å². The summed E-state index contributed by atoms with van der Waals surface area (Å²) in [5.41, 5.74) is 6.92. The Kier molecular flexibility index (Phi) is 5.31. The molecule has 2 aromatic carbocycles. The molecule has 0 bridgehead atoms. The summed E-state index contributed by atoms with van der Waals surface area (Å²) in [5.74, 6) is 0.883. The van der Waals surface area contributed by atoms with Crippen LogP contribution in [0.2, 0.25) is 0 Å². The molecule has 2 N–H and O–H groups in total. The molecular weight excluding hydrogens is 322 g/mol. The first kappa shape index (κ1) is 14.4. The fraction of sp³-hybridized carbons (Fsp3) is 0.200. The van der Waals surface area contributed by atoms with E-state index in [2.05, 4.69) is 22.0 Å². The molecule has 0 saturated carbocycles. The summed E-state index contributed by atoms with van der Waals surface area (Å²) in [5, 5.41) is 0. The van der Waals surface area contributed by atoms with Gasteiger partial charge in [0, 0.05) is 15.9 Å². The molecule has 0 aromatic heterocycles. The zero-order chi connectivity index (χ0) is 13.7. The molecule has 0 aliphatic rings. The Labute approximate surface area is 126 Å². The van der Waals surface area contributed by atoms with Crippen LogP contribution in [0.1, 0.15) is 11.7 Å². The van der Waals surface area contributed by atoms with E-state index in [1.165, 1.54) is 0 Å². The van der Waals surface area contributed by atoms with Gasteiger partial charge in [0.15, 0.2) is 0 Å². The zero-order valence-electron chi connectivity index (χ0n) is 10.7. The van der Waals surface area contributed by atoms with Crippen molar-refractivity contribution in [2.75, 3.05) is 12.8 Å². The maximum Gasteiger partial charge on any atom is 0.136 e. The first-order valence-electron chi connectivity index (χ1n) is 6.00. The van der Waals surface area contributed by atoms with Crippen molar-refractivity contribution in [2.45, 2.75) is 11.0 Å². The van der Waals surface area contributed by atoms with Crippen LogP contribution in [0.5, 0.6) is 5.75 Å². The van der Waals surface area contributed by atoms with Gasteiger partial charge in [-0.3, -0.25) is 0 Å². The molecule has 4 heteroatoms. The minimum Gasteiger partial charge on any atom is -0.483 e. The molecule has 0 fully saturated rings. The molecule has 0 amide bonds. The SMILES string of the molecule is CSc1ccccc1OC(CN)c1ccc(Br)cc1. The summed E-state index contributed by atoms with van der Waals surface area (Å²) in [7, 11) is 0. The van der Waals surface area contributed by atoms with Gasteiger partial charge in [-0.05, 0) is 36.1 Å². The summed E-state index contributed by atoms with van der Waals surface area (Å²) in [6.45, 7) is 0.449. The van der Waals surface area contributed by atoms with Crippen LogP contribution in [0.3, 0.4) is 0 Å². The highest BCUT2D eigenvalue weighted by Gasteiger charge is 2.13. The van der Waals surface area contributed by atoms with Crippen molar-refractivity contribution in [3.8, 4) is 5.75 Å². The third-order valence-electron chi connectivity index (χ3n) is 2.79. The summed E-state index contributed by atoms with van der Waals surface area (Å²) in [6.07, 6.45) is 1.92. The van der Waals surface area contributed by atoms with Gasteiger partial charge in [-0.25, -0.2) is 0 Å². The van der Waals surface area contributed by atoms with Crippen LogP contribution >= 0.6 is 27.7 Å². The fourth-order valence-corrected chi connectivity index (χ4v) is 2.60. The van der Waals surface area contributed by atoms with Gasteiger partial charge in [-0.1, -0.05) is 40.2 Å². The first-order chi connectivity index (χ1) is 9.24. The molecule has 100 valence electrons. The Morgan fingerprint density at radius 2 is 1.84 bits per heavy atom. The Hall–Kier alpha value is -0.970. The van der Waals surface area contributed by atoms with Gasteiger partial charge in [0.2, 0.25) is 0 Å². The monoisotopic (exact) mass is 337 g/mol. The largest absolute Gasteiger partial charge is 0.483 e. The second-order valence-electron chi connectivity index (χ2n) is 4.04. The maximum absolute atomic E-state index is 6.05. The molecule has 0 aliphatic carbocycles. The van der Waals surface area contributed by atoms with E-state index in [0.717, 1.165) is 20.7 Å². The van der Waals surface area contributed by atoms with Crippen molar-refractivity contribution in [3.63, 3.8) is 0 Å². The lowest BCUT2D eigenvalue weighted by Gasteiger charge is -2.19. The number of rotatable bonds is 5. The normalized spacial score (nSPS) is 12.2. The Bertz CT molecular complexity index is 530. The number of hydrogen-bond acceptors (Lipinski definition) is 3. The Morgan fingerprint density at radius 3 is 2.47 bits per heavy atom. The van der Waals surface area contributed by atoms with Gasteiger partial charge < -0.3 is 10.5 Å². The molecule has 2 rings (SSSR count).